The van der Waals surface area contributed by atoms with Gasteiger partial charge in [-0.25, -0.2) is 8.78 Å². The molecule has 3 rings (SSSR count). The van der Waals surface area contributed by atoms with Crippen LogP contribution in [0.1, 0.15) is 23.7 Å². The molecule has 0 radical (unpaired) electrons. The fourth-order valence-electron chi connectivity index (χ4n) is 3.19. The van der Waals surface area contributed by atoms with Crippen molar-refractivity contribution in [1.29, 1.82) is 0 Å². The monoisotopic (exact) mass is 387 g/mol. The Morgan fingerprint density at radius 1 is 1.21 bits per heavy atom. The molecule has 0 bridgehead atoms. The zero-order valence-corrected chi connectivity index (χ0v) is 15.4. The van der Waals surface area contributed by atoms with Crippen molar-refractivity contribution in [2.24, 2.45) is 0 Å². The molecular formula is C20H19F2N3O3. The van der Waals surface area contributed by atoms with Crippen LogP contribution in [0.15, 0.2) is 42.5 Å². The number of carbonyl (C=O) groups is 3. The smallest absolute Gasteiger partial charge is 0.257 e. The molecule has 1 heterocycles. The molecule has 0 aliphatic carbocycles. The molecular weight excluding hydrogens is 368 g/mol. The number of likely N-dealkylation sites (N-methyl/N-ethyl adjacent to an activating group) is 1. The molecule has 1 aliphatic rings. The molecule has 0 unspecified atom stereocenters. The van der Waals surface area contributed by atoms with Gasteiger partial charge in [0.25, 0.3) is 5.91 Å². The Balaban J connectivity index is 1.83. The number of nitrogens with zero attached hydrogens (tertiary/aromatic N) is 2. The van der Waals surface area contributed by atoms with Crippen LogP contribution in [0.25, 0.3) is 0 Å². The fraction of sp³-hybridized carbons (Fsp3) is 0.250. The highest BCUT2D eigenvalue weighted by Crippen LogP contribution is 2.31. The first-order valence-electron chi connectivity index (χ1n) is 8.69. The third-order valence-electron chi connectivity index (χ3n) is 4.51. The molecule has 0 fully saturated rings. The average Bonchev–Trinajstić information content (AvgIpc) is 2.75. The van der Waals surface area contributed by atoms with Gasteiger partial charge in [-0.1, -0.05) is 12.1 Å². The van der Waals surface area contributed by atoms with Gasteiger partial charge in [-0.2, -0.15) is 0 Å². The number of carbonyl (C=O) groups excluding carboxylic acids is 3. The first-order valence-corrected chi connectivity index (χ1v) is 8.69. The second-order valence-electron chi connectivity index (χ2n) is 6.67. The van der Waals surface area contributed by atoms with E-state index in [-0.39, 0.29) is 24.4 Å². The number of para-hydroxylation sites is 2. The normalized spacial score (nSPS) is 16.1. The molecule has 6 nitrogen and oxygen atoms in total. The van der Waals surface area contributed by atoms with Crippen LogP contribution in [0, 0.1) is 11.6 Å². The lowest BCUT2D eigenvalue weighted by atomic mass is 10.1. The summed E-state index contributed by atoms with van der Waals surface area (Å²) in [6.45, 7) is 1.41. The van der Waals surface area contributed by atoms with Gasteiger partial charge in [0.05, 0.1) is 16.9 Å². The van der Waals surface area contributed by atoms with Gasteiger partial charge in [-0.15, -0.1) is 0 Å². The predicted octanol–water partition coefficient (Wildman–Crippen LogP) is 2.80. The summed E-state index contributed by atoms with van der Waals surface area (Å²) in [4.78, 5) is 40.0. The molecule has 8 heteroatoms. The summed E-state index contributed by atoms with van der Waals surface area (Å²) in [5.74, 6) is -3.16. The van der Waals surface area contributed by atoms with Gasteiger partial charge in [-0.3, -0.25) is 14.4 Å². The molecule has 1 atom stereocenters. The zero-order chi connectivity index (χ0) is 20.4. The van der Waals surface area contributed by atoms with Gasteiger partial charge < -0.3 is 15.1 Å². The molecule has 0 saturated heterocycles. The van der Waals surface area contributed by atoms with Gasteiger partial charge >= 0.3 is 0 Å². The van der Waals surface area contributed by atoms with E-state index >= 15 is 0 Å². The number of fused-ring (bicyclic) bond motifs is 1. The average molecular weight is 387 g/mol. The van der Waals surface area contributed by atoms with Crippen molar-refractivity contribution in [3.63, 3.8) is 0 Å². The van der Waals surface area contributed by atoms with Crippen LogP contribution in [0.3, 0.4) is 0 Å². The topological polar surface area (TPSA) is 69.7 Å². The SMILES string of the molecule is C[C@@H]1CC(=O)Nc2ccccc2N1C(=O)CN(C)C(=O)c1ccc(F)cc1F. The number of benzene rings is 2. The minimum absolute atomic E-state index is 0.102. The molecule has 3 amide bonds. The Labute approximate surface area is 160 Å². The molecule has 0 aromatic heterocycles. The molecule has 28 heavy (non-hydrogen) atoms. The maximum atomic E-state index is 13.9. The van der Waals surface area contributed by atoms with Crippen molar-refractivity contribution >= 4 is 29.1 Å². The first kappa shape index (κ1) is 19.5. The molecule has 0 saturated carbocycles. The minimum Gasteiger partial charge on any atom is -0.332 e. The van der Waals surface area contributed by atoms with Crippen molar-refractivity contribution < 1.29 is 23.2 Å². The molecule has 0 spiro atoms. The minimum atomic E-state index is -0.993. The van der Waals surface area contributed by atoms with Crippen LogP contribution >= 0.6 is 0 Å². The second kappa shape index (κ2) is 7.75. The number of hydrogen-bond acceptors (Lipinski definition) is 3. The summed E-state index contributed by atoms with van der Waals surface area (Å²) in [5, 5.41) is 2.75. The van der Waals surface area contributed by atoms with Crippen LogP contribution < -0.4 is 10.2 Å². The van der Waals surface area contributed by atoms with Crippen molar-refractivity contribution in [3.05, 3.63) is 59.7 Å². The van der Waals surface area contributed by atoms with Crippen molar-refractivity contribution in [2.45, 2.75) is 19.4 Å². The van der Waals surface area contributed by atoms with E-state index in [9.17, 15) is 23.2 Å². The Morgan fingerprint density at radius 3 is 2.64 bits per heavy atom. The van der Waals surface area contributed by atoms with Gasteiger partial charge in [0.1, 0.15) is 18.2 Å². The molecule has 2 aromatic carbocycles. The van der Waals surface area contributed by atoms with E-state index in [0.29, 0.717) is 17.4 Å². The molecule has 1 aliphatic heterocycles. The van der Waals surface area contributed by atoms with Crippen LogP contribution in [0.5, 0.6) is 0 Å². The second-order valence-corrected chi connectivity index (χ2v) is 6.67. The molecule has 1 N–H and O–H groups in total. The summed E-state index contributed by atoms with van der Waals surface area (Å²) in [6.07, 6.45) is 0.102. The summed E-state index contributed by atoms with van der Waals surface area (Å²) in [5.41, 5.74) is 0.710. The Bertz CT molecular complexity index is 948. The van der Waals surface area contributed by atoms with Gasteiger partial charge in [0.15, 0.2) is 0 Å². The predicted molar refractivity (Wildman–Crippen MR) is 100.0 cm³/mol. The van der Waals surface area contributed by atoms with Crippen molar-refractivity contribution in [3.8, 4) is 0 Å². The number of amides is 3. The lowest BCUT2D eigenvalue weighted by Crippen LogP contribution is -2.45. The fourth-order valence-corrected chi connectivity index (χ4v) is 3.19. The van der Waals surface area contributed by atoms with Crippen molar-refractivity contribution in [2.75, 3.05) is 23.8 Å². The number of rotatable bonds is 3. The van der Waals surface area contributed by atoms with E-state index in [2.05, 4.69) is 5.32 Å². The standard InChI is InChI=1S/C20H19F2N3O3/c1-12-9-18(26)23-16-5-3-4-6-17(16)25(12)19(27)11-24(2)20(28)14-8-7-13(21)10-15(14)22/h3-8,10,12H,9,11H2,1-2H3,(H,23,26)/t12-/m1/s1. The lowest BCUT2D eigenvalue weighted by molar-refractivity contribution is -0.119. The van der Waals surface area contributed by atoms with Crippen LogP contribution in [0.4, 0.5) is 20.2 Å². The lowest BCUT2D eigenvalue weighted by Gasteiger charge is -2.29. The molecule has 2 aromatic rings. The van der Waals surface area contributed by atoms with Crippen LogP contribution in [-0.4, -0.2) is 42.3 Å². The number of nitrogens with one attached hydrogen (secondary N) is 1. The van der Waals surface area contributed by atoms with E-state index in [4.69, 9.17) is 0 Å². The third kappa shape index (κ3) is 3.85. The summed E-state index contributed by atoms with van der Waals surface area (Å²) >= 11 is 0. The van der Waals surface area contributed by atoms with Crippen LogP contribution in [0.2, 0.25) is 0 Å². The maximum absolute atomic E-state index is 13.9. The highest BCUT2D eigenvalue weighted by molar-refractivity contribution is 6.06. The highest BCUT2D eigenvalue weighted by Gasteiger charge is 2.31. The van der Waals surface area contributed by atoms with E-state index < -0.39 is 29.5 Å². The van der Waals surface area contributed by atoms with E-state index in [1.807, 2.05) is 0 Å². The van der Waals surface area contributed by atoms with Crippen LogP contribution in [-0.2, 0) is 9.59 Å². The van der Waals surface area contributed by atoms with E-state index in [0.717, 1.165) is 17.0 Å². The van der Waals surface area contributed by atoms with Gasteiger partial charge in [-0.05, 0) is 31.2 Å². The van der Waals surface area contributed by atoms with Gasteiger partial charge in [0.2, 0.25) is 11.8 Å². The summed E-state index contributed by atoms with van der Waals surface area (Å²) in [7, 11) is 1.36. The Morgan fingerprint density at radius 2 is 1.93 bits per heavy atom. The summed E-state index contributed by atoms with van der Waals surface area (Å²) in [6, 6.07) is 9.09. The number of halogens is 2. The largest absolute Gasteiger partial charge is 0.332 e. The summed E-state index contributed by atoms with van der Waals surface area (Å²) < 4.78 is 26.9. The van der Waals surface area contributed by atoms with Crippen molar-refractivity contribution in [1.82, 2.24) is 4.90 Å². The zero-order valence-electron chi connectivity index (χ0n) is 15.4. The van der Waals surface area contributed by atoms with Gasteiger partial charge in [0, 0.05) is 25.6 Å². The number of anilines is 2. The highest BCUT2D eigenvalue weighted by atomic mass is 19.1. The molecule has 146 valence electrons. The van der Waals surface area contributed by atoms with E-state index in [1.54, 1.807) is 31.2 Å². The Kier molecular flexibility index (Phi) is 5.39. The number of hydrogen-bond donors (Lipinski definition) is 1. The quantitative estimate of drug-likeness (QED) is 0.881. The van der Waals surface area contributed by atoms with E-state index in [1.165, 1.54) is 11.9 Å². The maximum Gasteiger partial charge on any atom is 0.257 e. The third-order valence-corrected chi connectivity index (χ3v) is 4.51. The first-order chi connectivity index (χ1) is 13.3. The Hall–Kier alpha value is -3.29.